The lowest BCUT2D eigenvalue weighted by Crippen LogP contribution is -2.56. The van der Waals surface area contributed by atoms with Crippen molar-refractivity contribution in [3.8, 4) is 0 Å². The molecule has 142 valence electrons. The van der Waals surface area contributed by atoms with Crippen LogP contribution in [-0.4, -0.2) is 48.9 Å². The Hall–Kier alpha value is -1.75. The number of nitrogens with one attached hydrogen (secondary N) is 1. The van der Waals surface area contributed by atoms with Crippen molar-refractivity contribution < 1.29 is 9.59 Å². The van der Waals surface area contributed by atoms with Gasteiger partial charge in [0.1, 0.15) is 6.04 Å². The van der Waals surface area contributed by atoms with E-state index >= 15 is 0 Å². The quantitative estimate of drug-likeness (QED) is 0.877. The number of anilines is 1. The van der Waals surface area contributed by atoms with Crippen LogP contribution in [-0.2, 0) is 9.59 Å². The van der Waals surface area contributed by atoms with E-state index in [1.54, 1.807) is 0 Å². The average molecular weight is 378 g/mol. The van der Waals surface area contributed by atoms with Gasteiger partial charge in [0, 0.05) is 33.1 Å². The van der Waals surface area contributed by atoms with Gasteiger partial charge in [0.15, 0.2) is 0 Å². The lowest BCUT2D eigenvalue weighted by Gasteiger charge is -2.39. The Kier molecular flexibility index (Phi) is 6.07. The molecule has 2 aliphatic rings. The third kappa shape index (κ3) is 4.14. The van der Waals surface area contributed by atoms with Crippen LogP contribution in [0.25, 0.3) is 0 Å². The van der Waals surface area contributed by atoms with Gasteiger partial charge in [0.05, 0.1) is 10.7 Å². The van der Waals surface area contributed by atoms with Gasteiger partial charge in [-0.2, -0.15) is 0 Å². The highest BCUT2D eigenvalue weighted by Crippen LogP contribution is 2.31. The first-order valence-corrected chi connectivity index (χ1v) is 9.91. The van der Waals surface area contributed by atoms with Gasteiger partial charge in [-0.1, -0.05) is 36.6 Å². The molecule has 1 saturated carbocycles. The van der Waals surface area contributed by atoms with Gasteiger partial charge < -0.3 is 15.1 Å². The van der Waals surface area contributed by atoms with Crippen molar-refractivity contribution in [1.82, 2.24) is 10.2 Å². The summed E-state index contributed by atoms with van der Waals surface area (Å²) >= 11 is 6.39. The van der Waals surface area contributed by atoms with Gasteiger partial charge in [0.2, 0.25) is 11.8 Å². The number of carbonyl (C=O) groups is 2. The lowest BCUT2D eigenvalue weighted by molar-refractivity contribution is -0.137. The molecular formula is C20H28ClN3O2. The predicted octanol–water partition coefficient (Wildman–Crippen LogP) is 2.99. The Morgan fingerprint density at radius 1 is 1.15 bits per heavy atom. The molecule has 1 heterocycles. The Morgan fingerprint density at radius 2 is 1.81 bits per heavy atom. The fourth-order valence-electron chi connectivity index (χ4n) is 4.26. The molecule has 1 saturated heterocycles. The maximum atomic E-state index is 13.1. The molecule has 3 rings (SSSR count). The lowest BCUT2D eigenvalue weighted by atomic mass is 9.96. The van der Waals surface area contributed by atoms with Crippen molar-refractivity contribution >= 4 is 29.1 Å². The SMILES string of the molecule is CC(=O)NC(C(=O)N1CCN(c2c(C)cccc2Cl)CC1)C1CCCC1. The number of aryl methyl sites for hydroxylation is 1. The monoisotopic (exact) mass is 377 g/mol. The second-order valence-electron chi connectivity index (χ2n) is 7.44. The summed E-state index contributed by atoms with van der Waals surface area (Å²) in [5.41, 5.74) is 2.22. The van der Waals surface area contributed by atoms with E-state index in [-0.39, 0.29) is 23.8 Å². The van der Waals surface area contributed by atoms with Gasteiger partial charge in [-0.3, -0.25) is 9.59 Å². The highest BCUT2D eigenvalue weighted by molar-refractivity contribution is 6.33. The number of hydrogen-bond acceptors (Lipinski definition) is 3. The maximum Gasteiger partial charge on any atom is 0.245 e. The van der Waals surface area contributed by atoms with Crippen LogP contribution in [0.4, 0.5) is 5.69 Å². The van der Waals surface area contributed by atoms with Crippen LogP contribution in [0.5, 0.6) is 0 Å². The first-order valence-electron chi connectivity index (χ1n) is 9.53. The summed E-state index contributed by atoms with van der Waals surface area (Å²) < 4.78 is 0. The van der Waals surface area contributed by atoms with Crippen molar-refractivity contribution in [3.63, 3.8) is 0 Å². The molecule has 26 heavy (non-hydrogen) atoms. The highest BCUT2D eigenvalue weighted by Gasteiger charge is 2.35. The number of amides is 2. The van der Waals surface area contributed by atoms with Crippen LogP contribution in [0.2, 0.25) is 5.02 Å². The first kappa shape index (κ1) is 19.0. The molecule has 5 nitrogen and oxygen atoms in total. The molecule has 2 amide bonds. The zero-order chi connectivity index (χ0) is 18.7. The molecule has 0 spiro atoms. The number of nitrogens with zero attached hydrogens (tertiary/aromatic N) is 2. The molecule has 1 aromatic carbocycles. The van der Waals surface area contributed by atoms with Gasteiger partial charge in [-0.05, 0) is 37.3 Å². The van der Waals surface area contributed by atoms with Gasteiger partial charge in [0.25, 0.3) is 0 Å². The van der Waals surface area contributed by atoms with E-state index in [0.29, 0.717) is 13.1 Å². The summed E-state index contributed by atoms with van der Waals surface area (Å²) in [6, 6.07) is 5.56. The maximum absolute atomic E-state index is 13.1. The molecule has 1 unspecified atom stereocenters. The molecule has 0 radical (unpaired) electrons. The van der Waals surface area contributed by atoms with E-state index in [0.717, 1.165) is 55.0 Å². The zero-order valence-electron chi connectivity index (χ0n) is 15.6. The predicted molar refractivity (Wildman–Crippen MR) is 105 cm³/mol. The molecule has 1 N–H and O–H groups in total. The topological polar surface area (TPSA) is 52.7 Å². The summed E-state index contributed by atoms with van der Waals surface area (Å²) in [4.78, 5) is 28.8. The second-order valence-corrected chi connectivity index (χ2v) is 7.85. The van der Waals surface area contributed by atoms with Crippen LogP contribution >= 0.6 is 11.6 Å². The van der Waals surface area contributed by atoms with E-state index in [4.69, 9.17) is 11.6 Å². The molecule has 1 atom stereocenters. The molecule has 2 fully saturated rings. The summed E-state index contributed by atoms with van der Waals surface area (Å²) in [5.74, 6) is 0.221. The second kappa shape index (κ2) is 8.30. The number of rotatable bonds is 4. The number of carbonyl (C=O) groups excluding carboxylic acids is 2. The number of para-hydroxylation sites is 1. The van der Waals surface area contributed by atoms with Gasteiger partial charge >= 0.3 is 0 Å². The summed E-state index contributed by atoms with van der Waals surface area (Å²) in [7, 11) is 0. The number of halogens is 1. The summed E-state index contributed by atoms with van der Waals surface area (Å²) in [6.45, 7) is 6.39. The van der Waals surface area contributed by atoms with Crippen molar-refractivity contribution in [2.45, 2.75) is 45.6 Å². The molecular weight excluding hydrogens is 350 g/mol. The third-order valence-electron chi connectivity index (χ3n) is 5.59. The smallest absolute Gasteiger partial charge is 0.245 e. The highest BCUT2D eigenvalue weighted by atomic mass is 35.5. The first-order chi connectivity index (χ1) is 12.5. The fourth-order valence-corrected chi connectivity index (χ4v) is 4.60. The standard InChI is InChI=1S/C20H28ClN3O2/c1-14-6-5-9-17(21)19(14)23-10-12-24(13-11-23)20(26)18(22-15(2)25)16-7-3-4-8-16/h5-6,9,16,18H,3-4,7-8,10-13H2,1-2H3,(H,22,25). The van der Waals surface area contributed by atoms with Gasteiger partial charge in [-0.25, -0.2) is 0 Å². The zero-order valence-corrected chi connectivity index (χ0v) is 16.4. The van der Waals surface area contributed by atoms with E-state index in [9.17, 15) is 9.59 Å². The molecule has 1 aliphatic carbocycles. The molecule has 1 aromatic rings. The molecule has 6 heteroatoms. The largest absolute Gasteiger partial charge is 0.367 e. The van der Waals surface area contributed by atoms with Crippen LogP contribution in [0.15, 0.2) is 18.2 Å². The normalized spacial score (nSPS) is 19.5. The van der Waals surface area contributed by atoms with Crippen molar-refractivity contribution in [3.05, 3.63) is 28.8 Å². The van der Waals surface area contributed by atoms with Crippen LogP contribution < -0.4 is 10.2 Å². The van der Waals surface area contributed by atoms with Crippen LogP contribution in [0.1, 0.15) is 38.2 Å². The number of piperazine rings is 1. The summed E-state index contributed by atoms with van der Waals surface area (Å²) in [5, 5.41) is 3.67. The summed E-state index contributed by atoms with van der Waals surface area (Å²) in [6.07, 6.45) is 4.34. The van der Waals surface area contributed by atoms with E-state index in [1.165, 1.54) is 6.92 Å². The minimum Gasteiger partial charge on any atom is -0.367 e. The van der Waals surface area contributed by atoms with Crippen molar-refractivity contribution in [1.29, 1.82) is 0 Å². The van der Waals surface area contributed by atoms with E-state index in [1.807, 2.05) is 17.0 Å². The Bertz CT molecular complexity index is 645. The molecule has 0 bridgehead atoms. The van der Waals surface area contributed by atoms with Crippen LogP contribution in [0.3, 0.4) is 0 Å². The molecule has 1 aliphatic heterocycles. The Morgan fingerprint density at radius 3 is 2.38 bits per heavy atom. The fraction of sp³-hybridized carbons (Fsp3) is 0.600. The minimum absolute atomic E-state index is 0.0719. The minimum atomic E-state index is -0.372. The average Bonchev–Trinajstić information content (AvgIpc) is 3.14. The number of hydrogen-bond donors (Lipinski definition) is 1. The van der Waals surface area contributed by atoms with Crippen molar-refractivity contribution in [2.24, 2.45) is 5.92 Å². The van der Waals surface area contributed by atoms with E-state index < -0.39 is 0 Å². The number of benzene rings is 1. The van der Waals surface area contributed by atoms with Crippen LogP contribution in [0, 0.1) is 12.8 Å². The Balaban J connectivity index is 1.66. The Labute approximate surface area is 160 Å². The van der Waals surface area contributed by atoms with E-state index in [2.05, 4.69) is 23.2 Å². The molecule has 0 aromatic heterocycles. The third-order valence-corrected chi connectivity index (χ3v) is 5.90. The van der Waals surface area contributed by atoms with Crippen molar-refractivity contribution in [2.75, 3.05) is 31.1 Å². The van der Waals surface area contributed by atoms with Gasteiger partial charge in [-0.15, -0.1) is 0 Å².